The molecule has 7 heteroatoms. The van der Waals surface area contributed by atoms with Crippen LogP contribution in [-0.4, -0.2) is 15.0 Å². The van der Waals surface area contributed by atoms with Crippen LogP contribution in [0.3, 0.4) is 0 Å². The summed E-state index contributed by atoms with van der Waals surface area (Å²) in [6, 6.07) is 10.5. The van der Waals surface area contributed by atoms with E-state index in [1.54, 1.807) is 12.1 Å². The molecule has 0 atom stereocenters. The van der Waals surface area contributed by atoms with Crippen LogP contribution in [0.25, 0.3) is 11.0 Å². The highest BCUT2D eigenvalue weighted by molar-refractivity contribution is 7.89. The summed E-state index contributed by atoms with van der Waals surface area (Å²) >= 11 is 0. The van der Waals surface area contributed by atoms with E-state index in [0.717, 1.165) is 40.7 Å². The molecule has 0 amide bonds. The molecule has 4 rings (SSSR count). The summed E-state index contributed by atoms with van der Waals surface area (Å²) in [5.41, 5.74) is 5.28. The minimum atomic E-state index is -3.77. The third-order valence-corrected chi connectivity index (χ3v) is 6.49. The van der Waals surface area contributed by atoms with Crippen molar-refractivity contribution in [2.75, 3.05) is 11.4 Å². The van der Waals surface area contributed by atoms with Crippen molar-refractivity contribution in [1.29, 1.82) is 0 Å². The molecule has 2 heterocycles. The molecule has 6 nitrogen and oxygen atoms in total. The van der Waals surface area contributed by atoms with E-state index in [1.807, 2.05) is 19.1 Å². The normalized spacial score (nSPS) is 14.0. The Bertz CT molecular complexity index is 1280. The average molecular weight is 413 g/mol. The van der Waals surface area contributed by atoms with Gasteiger partial charge in [0.2, 0.25) is 10.0 Å². The molecular weight excluding hydrogens is 388 g/mol. The predicted octanol–water partition coefficient (Wildman–Crippen LogP) is 3.43. The molecule has 152 valence electrons. The summed E-state index contributed by atoms with van der Waals surface area (Å²) < 4.78 is 29.0. The van der Waals surface area contributed by atoms with E-state index in [0.29, 0.717) is 18.0 Å². The lowest BCUT2D eigenvalue weighted by molar-refractivity contribution is 0.558. The Morgan fingerprint density at radius 3 is 2.62 bits per heavy atom. The van der Waals surface area contributed by atoms with Crippen molar-refractivity contribution < 1.29 is 12.8 Å². The van der Waals surface area contributed by atoms with Crippen LogP contribution in [0.5, 0.6) is 0 Å². The highest BCUT2D eigenvalue weighted by atomic mass is 32.2. The van der Waals surface area contributed by atoms with Gasteiger partial charge in [-0.05, 0) is 65.8 Å². The summed E-state index contributed by atoms with van der Waals surface area (Å²) in [7, 11) is -3.77. The number of anilines is 1. The zero-order chi connectivity index (χ0) is 20.9. The van der Waals surface area contributed by atoms with Crippen LogP contribution in [0.1, 0.15) is 42.0 Å². The van der Waals surface area contributed by atoms with Crippen LogP contribution in [0, 0.1) is 6.92 Å². The molecule has 0 bridgehead atoms. The second-order valence-corrected chi connectivity index (χ2v) is 9.52. The van der Waals surface area contributed by atoms with Gasteiger partial charge in [-0.15, -0.1) is 0 Å². The number of sulfonamides is 1. The van der Waals surface area contributed by atoms with Crippen LogP contribution in [0.2, 0.25) is 0 Å². The van der Waals surface area contributed by atoms with Crippen molar-refractivity contribution in [3.63, 3.8) is 0 Å². The lowest BCUT2D eigenvalue weighted by atomic mass is 9.95. The van der Waals surface area contributed by atoms with Gasteiger partial charge in [0.15, 0.2) is 0 Å². The molecule has 3 aromatic rings. The van der Waals surface area contributed by atoms with Gasteiger partial charge in [-0.2, -0.15) is 0 Å². The van der Waals surface area contributed by atoms with E-state index in [2.05, 4.69) is 24.8 Å². The molecule has 0 spiro atoms. The number of aryl methyl sites for hydroxylation is 1. The van der Waals surface area contributed by atoms with Gasteiger partial charge in [-0.3, -0.25) is 0 Å². The van der Waals surface area contributed by atoms with Gasteiger partial charge in [0.25, 0.3) is 0 Å². The quantitative estimate of drug-likeness (QED) is 0.663. The SMILES string of the molecule is Cc1cc2oc(=O)cc(CN3CCc4ccc(S(N)(=O)=O)cc43)c2cc1C(C)C. The standard InChI is InChI=1S/C22H24N2O4S/c1-13(2)18-11-19-16(9-22(25)28-21(19)8-14(18)3)12-24-7-6-15-4-5-17(10-20(15)24)29(23,26)27/h4-5,8-11,13H,6-7,12H2,1-3H3,(H2,23,26,27). The molecule has 1 aliphatic heterocycles. The Labute approximate surface area is 170 Å². The van der Waals surface area contributed by atoms with E-state index >= 15 is 0 Å². The first-order chi connectivity index (χ1) is 13.6. The van der Waals surface area contributed by atoms with Crippen molar-refractivity contribution in [2.45, 2.75) is 44.6 Å². The maximum absolute atomic E-state index is 12.2. The molecule has 0 saturated heterocycles. The zero-order valence-electron chi connectivity index (χ0n) is 16.7. The summed E-state index contributed by atoms with van der Waals surface area (Å²) in [4.78, 5) is 14.3. The van der Waals surface area contributed by atoms with Crippen molar-refractivity contribution in [3.8, 4) is 0 Å². The van der Waals surface area contributed by atoms with Gasteiger partial charge in [0.1, 0.15) is 5.58 Å². The molecule has 2 aromatic carbocycles. The number of hydrogen-bond donors (Lipinski definition) is 1. The Kier molecular flexibility index (Phi) is 4.75. The second-order valence-electron chi connectivity index (χ2n) is 7.96. The Morgan fingerprint density at radius 1 is 1.17 bits per heavy atom. The molecule has 2 N–H and O–H groups in total. The number of primary sulfonamides is 1. The first-order valence-electron chi connectivity index (χ1n) is 9.61. The minimum absolute atomic E-state index is 0.0957. The van der Waals surface area contributed by atoms with E-state index < -0.39 is 10.0 Å². The number of fused-ring (bicyclic) bond motifs is 2. The first-order valence-corrected chi connectivity index (χ1v) is 11.2. The monoisotopic (exact) mass is 412 g/mol. The third-order valence-electron chi connectivity index (χ3n) is 5.58. The topological polar surface area (TPSA) is 93.6 Å². The number of rotatable bonds is 4. The molecule has 0 aliphatic carbocycles. The largest absolute Gasteiger partial charge is 0.423 e. The second kappa shape index (κ2) is 7.00. The highest BCUT2D eigenvalue weighted by Gasteiger charge is 2.23. The van der Waals surface area contributed by atoms with Gasteiger partial charge >= 0.3 is 5.63 Å². The van der Waals surface area contributed by atoms with Crippen molar-refractivity contribution in [3.05, 3.63) is 69.1 Å². The lowest BCUT2D eigenvalue weighted by Crippen LogP contribution is -2.21. The van der Waals surface area contributed by atoms with Crippen LogP contribution in [0.15, 0.2) is 50.5 Å². The van der Waals surface area contributed by atoms with Crippen molar-refractivity contribution in [1.82, 2.24) is 0 Å². The fourth-order valence-electron chi connectivity index (χ4n) is 4.12. The minimum Gasteiger partial charge on any atom is -0.423 e. The van der Waals surface area contributed by atoms with Crippen LogP contribution < -0.4 is 15.7 Å². The molecule has 29 heavy (non-hydrogen) atoms. The number of nitrogens with two attached hydrogens (primary N) is 1. The zero-order valence-corrected chi connectivity index (χ0v) is 17.5. The maximum atomic E-state index is 12.2. The Hall–Kier alpha value is -2.64. The average Bonchev–Trinajstić information content (AvgIpc) is 3.02. The summed E-state index contributed by atoms with van der Waals surface area (Å²) in [6.07, 6.45) is 0.815. The maximum Gasteiger partial charge on any atom is 0.336 e. The van der Waals surface area contributed by atoms with Gasteiger partial charge < -0.3 is 9.32 Å². The van der Waals surface area contributed by atoms with Crippen molar-refractivity contribution in [2.24, 2.45) is 5.14 Å². The van der Waals surface area contributed by atoms with E-state index in [9.17, 15) is 13.2 Å². The first kappa shape index (κ1) is 19.7. The van der Waals surface area contributed by atoms with E-state index in [1.165, 1.54) is 11.6 Å². The van der Waals surface area contributed by atoms with Crippen molar-refractivity contribution >= 4 is 26.7 Å². The number of benzene rings is 2. The van der Waals surface area contributed by atoms with E-state index in [4.69, 9.17) is 9.56 Å². The summed E-state index contributed by atoms with van der Waals surface area (Å²) in [6.45, 7) is 7.53. The Balaban J connectivity index is 1.80. The predicted molar refractivity (Wildman–Crippen MR) is 114 cm³/mol. The van der Waals surface area contributed by atoms with Gasteiger partial charge in [0.05, 0.1) is 4.90 Å². The Morgan fingerprint density at radius 2 is 1.93 bits per heavy atom. The molecule has 0 fully saturated rings. The molecular formula is C22H24N2O4S. The summed E-state index contributed by atoms with van der Waals surface area (Å²) in [5, 5.41) is 6.21. The molecule has 0 unspecified atom stereocenters. The van der Waals surface area contributed by atoms with Crippen LogP contribution in [0.4, 0.5) is 5.69 Å². The molecule has 0 radical (unpaired) electrons. The molecule has 1 aromatic heterocycles. The van der Waals surface area contributed by atoms with Gasteiger partial charge in [-0.25, -0.2) is 18.4 Å². The van der Waals surface area contributed by atoms with E-state index in [-0.39, 0.29) is 10.5 Å². The van der Waals surface area contributed by atoms with Gasteiger partial charge in [0, 0.05) is 30.2 Å². The van der Waals surface area contributed by atoms with Crippen LogP contribution >= 0.6 is 0 Å². The number of hydrogen-bond acceptors (Lipinski definition) is 5. The summed E-state index contributed by atoms with van der Waals surface area (Å²) in [5.74, 6) is 0.351. The molecule has 1 aliphatic rings. The smallest absolute Gasteiger partial charge is 0.336 e. The third kappa shape index (κ3) is 3.68. The van der Waals surface area contributed by atoms with Gasteiger partial charge in [-0.1, -0.05) is 19.9 Å². The fourth-order valence-corrected chi connectivity index (χ4v) is 4.65. The highest BCUT2D eigenvalue weighted by Crippen LogP contribution is 2.33. The fraction of sp³-hybridized carbons (Fsp3) is 0.318. The molecule has 0 saturated carbocycles. The number of nitrogens with zero attached hydrogens (tertiary/aromatic N) is 1. The lowest BCUT2D eigenvalue weighted by Gasteiger charge is -2.21. The van der Waals surface area contributed by atoms with Crippen LogP contribution in [-0.2, 0) is 23.0 Å².